The summed E-state index contributed by atoms with van der Waals surface area (Å²) in [5.74, 6) is 0.668. The number of ketones is 2. The Hall–Kier alpha value is -2.82. The number of hydrogen-bond donors (Lipinski definition) is 2. The van der Waals surface area contributed by atoms with Gasteiger partial charge in [-0.2, -0.15) is 0 Å². The van der Waals surface area contributed by atoms with E-state index in [4.69, 9.17) is 16.2 Å². The van der Waals surface area contributed by atoms with Crippen molar-refractivity contribution in [3.8, 4) is 11.5 Å². The predicted octanol–water partition coefficient (Wildman–Crippen LogP) is 3.05. The molecule has 2 aromatic rings. The topological polar surface area (TPSA) is 95.4 Å². The van der Waals surface area contributed by atoms with E-state index in [9.17, 15) is 9.59 Å². The van der Waals surface area contributed by atoms with Crippen molar-refractivity contribution in [2.45, 2.75) is 13.8 Å². The number of carbonyl (C=O) groups excluding carboxylic acids is 2. The average molecular weight is 284 g/mol. The van der Waals surface area contributed by atoms with Crippen LogP contribution >= 0.6 is 0 Å². The van der Waals surface area contributed by atoms with Crippen LogP contribution in [0.15, 0.2) is 36.4 Å². The molecule has 0 aliphatic rings. The summed E-state index contributed by atoms with van der Waals surface area (Å²) in [6, 6.07) is 9.60. The molecule has 5 heteroatoms. The van der Waals surface area contributed by atoms with Gasteiger partial charge in [-0.15, -0.1) is 0 Å². The maximum Gasteiger partial charge on any atom is 0.159 e. The highest BCUT2D eigenvalue weighted by Gasteiger charge is 2.09. The minimum absolute atomic E-state index is 0.0708. The van der Waals surface area contributed by atoms with Crippen LogP contribution < -0.4 is 16.2 Å². The lowest BCUT2D eigenvalue weighted by atomic mass is 10.1. The molecule has 0 unspecified atom stereocenters. The van der Waals surface area contributed by atoms with Crippen LogP contribution in [0.25, 0.3) is 0 Å². The van der Waals surface area contributed by atoms with Gasteiger partial charge in [0.15, 0.2) is 11.6 Å². The Kier molecular flexibility index (Phi) is 3.93. The lowest BCUT2D eigenvalue weighted by Crippen LogP contribution is -2.00. The van der Waals surface area contributed by atoms with E-state index in [1.807, 2.05) is 0 Å². The lowest BCUT2D eigenvalue weighted by molar-refractivity contribution is 0.100. The fourth-order valence-corrected chi connectivity index (χ4v) is 1.84. The Labute approximate surface area is 122 Å². The molecule has 21 heavy (non-hydrogen) atoms. The first-order chi connectivity index (χ1) is 9.88. The first kappa shape index (κ1) is 14.6. The second-order valence-corrected chi connectivity index (χ2v) is 4.72. The van der Waals surface area contributed by atoms with E-state index < -0.39 is 0 Å². The summed E-state index contributed by atoms with van der Waals surface area (Å²) in [5.41, 5.74) is 13.4. The van der Waals surface area contributed by atoms with E-state index >= 15 is 0 Å². The molecule has 108 valence electrons. The van der Waals surface area contributed by atoms with Crippen LogP contribution in [-0.4, -0.2) is 11.6 Å². The van der Waals surface area contributed by atoms with Gasteiger partial charge in [0.1, 0.15) is 11.5 Å². The van der Waals surface area contributed by atoms with Gasteiger partial charge in [0.25, 0.3) is 0 Å². The molecule has 0 atom stereocenters. The van der Waals surface area contributed by atoms with E-state index in [1.165, 1.54) is 13.8 Å². The monoisotopic (exact) mass is 284 g/mol. The van der Waals surface area contributed by atoms with Crippen molar-refractivity contribution in [3.63, 3.8) is 0 Å². The fourth-order valence-electron chi connectivity index (χ4n) is 1.84. The summed E-state index contributed by atoms with van der Waals surface area (Å²) in [6.45, 7) is 2.93. The number of Topliss-reactive ketones (excluding diaryl/α,β-unsaturated/α-hetero) is 2. The Morgan fingerprint density at radius 3 is 1.48 bits per heavy atom. The van der Waals surface area contributed by atoms with Gasteiger partial charge in [0.2, 0.25) is 0 Å². The van der Waals surface area contributed by atoms with Crippen LogP contribution in [0.2, 0.25) is 0 Å². The largest absolute Gasteiger partial charge is 0.453 e. The van der Waals surface area contributed by atoms with Crippen molar-refractivity contribution >= 4 is 22.9 Å². The molecule has 0 heterocycles. The minimum atomic E-state index is -0.0708. The highest BCUT2D eigenvalue weighted by atomic mass is 16.5. The number of rotatable bonds is 4. The quantitative estimate of drug-likeness (QED) is 0.664. The molecule has 2 rings (SSSR count). The van der Waals surface area contributed by atoms with Crippen LogP contribution in [0.4, 0.5) is 11.4 Å². The molecule has 2 aromatic carbocycles. The molecule has 0 aliphatic carbocycles. The number of anilines is 2. The molecule has 0 bridgehead atoms. The number of benzene rings is 2. The number of hydrogen-bond acceptors (Lipinski definition) is 5. The van der Waals surface area contributed by atoms with Gasteiger partial charge in [-0.05, 0) is 50.2 Å². The van der Waals surface area contributed by atoms with Crippen molar-refractivity contribution in [1.29, 1.82) is 0 Å². The van der Waals surface area contributed by atoms with E-state index in [0.29, 0.717) is 34.0 Å². The molecule has 4 N–H and O–H groups in total. The number of ether oxygens (including phenoxy) is 1. The highest BCUT2D eigenvalue weighted by Crippen LogP contribution is 2.32. The third-order valence-corrected chi connectivity index (χ3v) is 3.05. The molecule has 0 saturated carbocycles. The van der Waals surface area contributed by atoms with Crippen molar-refractivity contribution in [3.05, 3.63) is 47.5 Å². The van der Waals surface area contributed by atoms with E-state index in [-0.39, 0.29) is 11.6 Å². The van der Waals surface area contributed by atoms with Crippen molar-refractivity contribution < 1.29 is 14.3 Å². The third-order valence-electron chi connectivity index (χ3n) is 3.05. The van der Waals surface area contributed by atoms with Gasteiger partial charge in [0.05, 0.1) is 11.4 Å². The van der Waals surface area contributed by atoms with Crippen LogP contribution in [0.5, 0.6) is 11.5 Å². The maximum atomic E-state index is 11.3. The molecule has 0 fully saturated rings. The molecular weight excluding hydrogens is 268 g/mol. The van der Waals surface area contributed by atoms with Crippen LogP contribution in [0, 0.1) is 0 Å². The molecular formula is C16H16N2O3. The Morgan fingerprint density at radius 1 is 0.810 bits per heavy atom. The second-order valence-electron chi connectivity index (χ2n) is 4.72. The molecule has 0 aromatic heterocycles. The van der Waals surface area contributed by atoms with E-state index in [2.05, 4.69) is 0 Å². The number of carbonyl (C=O) groups is 2. The third kappa shape index (κ3) is 3.20. The Morgan fingerprint density at radius 2 is 1.19 bits per heavy atom. The van der Waals surface area contributed by atoms with Crippen LogP contribution in [-0.2, 0) is 0 Å². The van der Waals surface area contributed by atoms with Gasteiger partial charge in [-0.3, -0.25) is 9.59 Å². The summed E-state index contributed by atoms with van der Waals surface area (Å²) in [5, 5.41) is 0. The summed E-state index contributed by atoms with van der Waals surface area (Å²) in [7, 11) is 0. The Balaban J connectivity index is 2.30. The molecule has 0 aliphatic heterocycles. The highest BCUT2D eigenvalue weighted by molar-refractivity contribution is 5.96. The number of nitrogens with two attached hydrogens (primary N) is 2. The molecule has 0 saturated heterocycles. The molecule has 5 nitrogen and oxygen atoms in total. The summed E-state index contributed by atoms with van der Waals surface area (Å²) >= 11 is 0. The first-order valence-electron chi connectivity index (χ1n) is 6.37. The first-order valence-corrected chi connectivity index (χ1v) is 6.37. The Bertz CT molecular complexity index is 662. The van der Waals surface area contributed by atoms with Crippen molar-refractivity contribution in [1.82, 2.24) is 0 Å². The van der Waals surface area contributed by atoms with Gasteiger partial charge in [0, 0.05) is 11.1 Å². The van der Waals surface area contributed by atoms with Gasteiger partial charge in [-0.25, -0.2) is 0 Å². The van der Waals surface area contributed by atoms with E-state index in [0.717, 1.165) is 0 Å². The summed E-state index contributed by atoms with van der Waals surface area (Å²) < 4.78 is 5.64. The van der Waals surface area contributed by atoms with Gasteiger partial charge >= 0.3 is 0 Å². The van der Waals surface area contributed by atoms with Gasteiger partial charge in [-0.1, -0.05) is 0 Å². The fraction of sp³-hybridized carbons (Fsp3) is 0.125. The SMILES string of the molecule is CC(=O)c1ccc(Oc2ccc(C(C)=O)cc2N)c(N)c1. The molecule has 0 spiro atoms. The smallest absolute Gasteiger partial charge is 0.159 e. The zero-order chi connectivity index (χ0) is 15.6. The predicted molar refractivity (Wildman–Crippen MR) is 81.8 cm³/mol. The molecule has 0 radical (unpaired) electrons. The van der Waals surface area contributed by atoms with Gasteiger partial charge < -0.3 is 16.2 Å². The normalized spacial score (nSPS) is 10.2. The standard InChI is InChI=1S/C16H16N2O3/c1-9(19)11-3-5-15(13(17)7-11)21-16-6-4-12(10(2)20)8-14(16)18/h3-8H,17-18H2,1-2H3. The van der Waals surface area contributed by atoms with E-state index in [1.54, 1.807) is 36.4 Å². The molecule has 0 amide bonds. The second kappa shape index (κ2) is 5.66. The van der Waals surface area contributed by atoms with Crippen molar-refractivity contribution in [2.24, 2.45) is 0 Å². The summed E-state index contributed by atoms with van der Waals surface area (Å²) in [4.78, 5) is 22.5. The summed E-state index contributed by atoms with van der Waals surface area (Å²) in [6.07, 6.45) is 0. The lowest BCUT2D eigenvalue weighted by Gasteiger charge is -2.12. The van der Waals surface area contributed by atoms with Crippen LogP contribution in [0.3, 0.4) is 0 Å². The van der Waals surface area contributed by atoms with Crippen LogP contribution in [0.1, 0.15) is 34.6 Å². The van der Waals surface area contributed by atoms with Crippen molar-refractivity contribution in [2.75, 3.05) is 11.5 Å². The average Bonchev–Trinajstić information content (AvgIpc) is 2.42. The maximum absolute atomic E-state index is 11.3. The minimum Gasteiger partial charge on any atom is -0.453 e. The zero-order valence-corrected chi connectivity index (χ0v) is 11.8. The zero-order valence-electron chi connectivity index (χ0n) is 11.8. The number of nitrogen functional groups attached to an aromatic ring is 2.